The van der Waals surface area contributed by atoms with Crippen LogP contribution in [0.1, 0.15) is 0 Å². The van der Waals surface area contributed by atoms with Gasteiger partial charge in [0.15, 0.2) is 0 Å². The second-order valence-electron chi connectivity index (χ2n) is 6.68. The first-order valence-electron chi connectivity index (χ1n) is 9.55. The van der Waals surface area contributed by atoms with Crippen LogP contribution in [-0.4, -0.2) is 5.16 Å². The summed E-state index contributed by atoms with van der Waals surface area (Å²) in [5, 5.41) is 3.68. The van der Waals surface area contributed by atoms with Crippen molar-refractivity contribution in [1.29, 1.82) is 0 Å². The van der Waals surface area contributed by atoms with Crippen LogP contribution in [-0.2, 0) is 0 Å². The maximum absolute atomic E-state index is 4.58. The molecular formula is C27H23NS. The van der Waals surface area contributed by atoms with Gasteiger partial charge in [-0.15, -0.1) is 8.75 Å². The fraction of sp³-hybridized carbons (Fsp3) is 0. The van der Waals surface area contributed by atoms with E-state index in [0.29, 0.717) is 0 Å². The Morgan fingerprint density at radius 1 is 0.517 bits per heavy atom. The zero-order valence-electron chi connectivity index (χ0n) is 16.2. The van der Waals surface area contributed by atoms with Gasteiger partial charge in [-0.05, 0) is 48.5 Å². The molecule has 0 amide bonds. The van der Waals surface area contributed by atoms with Gasteiger partial charge in [-0.1, -0.05) is 79.4 Å². The Morgan fingerprint density at radius 2 is 0.793 bits per heavy atom. The molecular weight excluding hydrogens is 370 g/mol. The molecule has 0 N–H and O–H groups in total. The molecule has 0 aliphatic rings. The van der Waals surface area contributed by atoms with Gasteiger partial charge in [-0.25, -0.2) is 4.99 Å². The van der Waals surface area contributed by atoms with E-state index in [2.05, 4.69) is 138 Å². The summed E-state index contributed by atoms with van der Waals surface area (Å²) in [6.07, 6.45) is 1.58. The van der Waals surface area contributed by atoms with Crippen LogP contribution in [0.2, 0.25) is 0 Å². The fourth-order valence-corrected chi connectivity index (χ4v) is 9.09. The summed E-state index contributed by atoms with van der Waals surface area (Å²) in [5.41, 5.74) is 0. The lowest BCUT2D eigenvalue weighted by molar-refractivity contribution is 1.23. The third-order valence-electron chi connectivity index (χ3n) is 5.19. The fourth-order valence-electron chi connectivity index (χ4n) is 3.94. The second kappa shape index (κ2) is 7.89. The molecule has 0 aliphatic carbocycles. The third kappa shape index (κ3) is 2.82. The Bertz CT molecular complexity index is 1030. The van der Waals surface area contributed by atoms with Gasteiger partial charge in [0.1, 0.15) is 0 Å². The summed E-state index contributed by atoms with van der Waals surface area (Å²) >= 11 is 0. The van der Waals surface area contributed by atoms with Gasteiger partial charge >= 0.3 is 0 Å². The third-order valence-corrected chi connectivity index (χ3v) is 10.5. The number of hydrogen-bond acceptors (Lipinski definition) is 1. The maximum Gasteiger partial charge on any atom is 0.0302 e. The van der Waals surface area contributed by atoms with E-state index in [1.165, 1.54) is 19.6 Å². The van der Waals surface area contributed by atoms with E-state index in [9.17, 15) is 0 Å². The molecule has 0 unspecified atom stereocenters. The summed E-state index contributed by atoms with van der Waals surface area (Å²) in [5.74, 6) is 0. The molecule has 0 radical (unpaired) electrons. The van der Waals surface area contributed by atoms with E-state index in [1.54, 1.807) is 6.20 Å². The molecule has 0 saturated heterocycles. The van der Waals surface area contributed by atoms with Gasteiger partial charge in [-0.2, -0.15) is 0 Å². The molecule has 2 heteroatoms. The largest absolute Gasteiger partial charge is 0.209 e. The average molecular weight is 394 g/mol. The molecule has 4 rings (SSSR count). The summed E-state index contributed by atoms with van der Waals surface area (Å²) in [6, 6.07) is 42.5. The van der Waals surface area contributed by atoms with Crippen molar-refractivity contribution in [2.75, 3.05) is 0 Å². The molecule has 1 nitrogen and oxygen atoms in total. The minimum atomic E-state index is -3.03. The van der Waals surface area contributed by atoms with Gasteiger partial charge in [0, 0.05) is 30.9 Å². The monoisotopic (exact) mass is 393 g/mol. The van der Waals surface area contributed by atoms with Crippen molar-refractivity contribution < 1.29 is 0 Å². The van der Waals surface area contributed by atoms with Crippen LogP contribution in [0.25, 0.3) is 0 Å². The van der Waals surface area contributed by atoms with Crippen molar-refractivity contribution in [2.45, 2.75) is 19.6 Å². The van der Waals surface area contributed by atoms with E-state index < -0.39 is 8.75 Å². The first kappa shape index (κ1) is 18.9. The highest BCUT2D eigenvalue weighted by Gasteiger charge is 2.41. The zero-order valence-corrected chi connectivity index (χ0v) is 17.0. The van der Waals surface area contributed by atoms with Crippen LogP contribution < -0.4 is 0 Å². The highest BCUT2D eigenvalue weighted by Crippen LogP contribution is 2.80. The van der Waals surface area contributed by atoms with Crippen molar-refractivity contribution in [2.24, 2.45) is 4.99 Å². The van der Waals surface area contributed by atoms with Crippen LogP contribution in [0.4, 0.5) is 0 Å². The van der Waals surface area contributed by atoms with Gasteiger partial charge in [0.25, 0.3) is 0 Å². The zero-order chi connectivity index (χ0) is 20.0. The summed E-state index contributed by atoms with van der Waals surface area (Å²) in [4.78, 5) is 9.30. The van der Waals surface area contributed by atoms with Crippen LogP contribution in [0, 0.1) is 0 Å². The molecule has 0 heterocycles. The average Bonchev–Trinajstić information content (AvgIpc) is 2.83. The number of rotatable bonds is 5. The summed E-state index contributed by atoms with van der Waals surface area (Å²) < 4.78 is 0. The highest BCUT2D eigenvalue weighted by molar-refractivity contribution is 8.47. The smallest absolute Gasteiger partial charge is 0.0302 e. The maximum atomic E-state index is 4.58. The molecule has 4 aromatic carbocycles. The van der Waals surface area contributed by atoms with Gasteiger partial charge in [0.05, 0.1) is 0 Å². The van der Waals surface area contributed by atoms with E-state index in [1.807, 2.05) is 0 Å². The van der Waals surface area contributed by atoms with Crippen molar-refractivity contribution in [3.63, 3.8) is 0 Å². The molecule has 0 fully saturated rings. The molecule has 142 valence electrons. The minimum absolute atomic E-state index is 1.18. The van der Waals surface area contributed by atoms with E-state index in [-0.39, 0.29) is 0 Å². The van der Waals surface area contributed by atoms with E-state index in [4.69, 9.17) is 0 Å². The highest BCUT2D eigenvalue weighted by atomic mass is 32.3. The van der Waals surface area contributed by atoms with Crippen molar-refractivity contribution in [1.82, 2.24) is 0 Å². The van der Waals surface area contributed by atoms with Crippen molar-refractivity contribution in [3.8, 4) is 0 Å². The van der Waals surface area contributed by atoms with Gasteiger partial charge in [-0.3, -0.25) is 0 Å². The first-order valence-corrected chi connectivity index (χ1v) is 11.6. The lowest BCUT2D eigenvalue weighted by Crippen LogP contribution is -2.13. The van der Waals surface area contributed by atoms with E-state index >= 15 is 0 Å². The quantitative estimate of drug-likeness (QED) is 0.244. The number of isothiocyanates is 1. The molecule has 29 heavy (non-hydrogen) atoms. The molecule has 0 aliphatic heterocycles. The predicted octanol–water partition coefficient (Wildman–Crippen LogP) is 7.61. The normalized spacial score (nSPS) is 12.2. The van der Waals surface area contributed by atoms with Crippen LogP contribution in [0.15, 0.2) is 159 Å². The number of benzene rings is 4. The van der Waals surface area contributed by atoms with Gasteiger partial charge in [0.2, 0.25) is 0 Å². The van der Waals surface area contributed by atoms with E-state index in [0.717, 1.165) is 0 Å². The Labute approximate surface area is 172 Å². The Morgan fingerprint density at radius 3 is 1.03 bits per heavy atom. The summed E-state index contributed by atoms with van der Waals surface area (Å²) in [7, 11) is -3.03. The molecule has 0 aromatic heterocycles. The molecule has 0 bridgehead atoms. The lowest BCUT2D eigenvalue weighted by Gasteiger charge is -2.48. The second-order valence-corrected chi connectivity index (χ2v) is 10.8. The lowest BCUT2D eigenvalue weighted by atomic mass is 10.3. The Balaban J connectivity index is 2.42. The van der Waals surface area contributed by atoms with Gasteiger partial charge < -0.3 is 0 Å². The number of hydrogen-bond donors (Lipinski definition) is 0. The first-order chi connectivity index (χ1) is 14.3. The molecule has 0 atom stereocenters. The van der Waals surface area contributed by atoms with Crippen molar-refractivity contribution in [3.05, 3.63) is 134 Å². The standard InChI is InChI=1S/C27H23NS/c1-2-28-23-29(24-15-7-3-8-16-24,25-17-9-4-10-18-25,26-19-11-5-12-20-26)27-21-13-6-14-22-27/h2-22H,1H2. The Kier molecular flexibility index (Phi) is 5.14. The van der Waals surface area contributed by atoms with Crippen LogP contribution in [0.5, 0.6) is 0 Å². The Hall–Kier alpha value is -3.45. The SMILES string of the molecule is C=CN=C=S(c1ccccc1)(c1ccccc1)(c1ccccc1)c1ccccc1. The predicted molar refractivity (Wildman–Crippen MR) is 124 cm³/mol. The molecule has 0 spiro atoms. The topological polar surface area (TPSA) is 12.4 Å². The van der Waals surface area contributed by atoms with Crippen LogP contribution >= 0.6 is 8.75 Å². The minimum Gasteiger partial charge on any atom is -0.209 e. The van der Waals surface area contributed by atoms with Crippen molar-refractivity contribution >= 4 is 13.9 Å². The van der Waals surface area contributed by atoms with Crippen LogP contribution in [0.3, 0.4) is 0 Å². The number of nitrogens with zero attached hydrogens (tertiary/aromatic N) is 1. The number of aliphatic imine (C=N–C) groups is 1. The molecule has 0 saturated carbocycles. The summed E-state index contributed by atoms with van der Waals surface area (Å²) in [6.45, 7) is 3.86. The molecule has 4 aromatic rings.